The smallest absolute Gasteiger partial charge is 0.254 e. The fourth-order valence-corrected chi connectivity index (χ4v) is 1.44. The molecular weight excluding hydrogens is 226 g/mol. The first kappa shape index (κ1) is 13.6. The van der Waals surface area contributed by atoms with Gasteiger partial charge in [-0.25, -0.2) is 8.78 Å². The van der Waals surface area contributed by atoms with Gasteiger partial charge in [0, 0.05) is 18.7 Å². The minimum Gasteiger partial charge on any atom is -0.350 e. The number of carbonyl (C=O) groups excluding carboxylic acids is 1. The Morgan fingerprint density at radius 1 is 1.41 bits per heavy atom. The van der Waals surface area contributed by atoms with Gasteiger partial charge in [0.05, 0.1) is 5.56 Å². The van der Waals surface area contributed by atoms with E-state index in [-0.39, 0.29) is 11.6 Å². The van der Waals surface area contributed by atoms with Gasteiger partial charge in [0.2, 0.25) is 0 Å². The molecule has 0 saturated heterocycles. The average molecular weight is 242 g/mol. The third kappa shape index (κ3) is 4.11. The van der Waals surface area contributed by atoms with E-state index in [4.69, 9.17) is 0 Å². The summed E-state index contributed by atoms with van der Waals surface area (Å²) in [6, 6.07) is 3.00. The molecule has 0 unspecified atom stereocenters. The van der Waals surface area contributed by atoms with Crippen molar-refractivity contribution in [2.45, 2.75) is 19.9 Å². The van der Waals surface area contributed by atoms with Crippen LogP contribution in [0.2, 0.25) is 0 Å². The predicted octanol–water partition coefficient (Wildman–Crippen LogP) is 1.69. The molecule has 0 aliphatic rings. The summed E-state index contributed by atoms with van der Waals surface area (Å²) >= 11 is 0. The molecule has 0 aliphatic heterocycles. The van der Waals surface area contributed by atoms with Crippen molar-refractivity contribution in [3.63, 3.8) is 0 Å². The van der Waals surface area contributed by atoms with E-state index in [1.807, 2.05) is 13.8 Å². The number of likely N-dealkylation sites (N-methyl/N-ethyl adjacent to an activating group) is 1. The lowest BCUT2D eigenvalue weighted by atomic mass is 10.2. The van der Waals surface area contributed by atoms with Crippen molar-refractivity contribution >= 4 is 5.91 Å². The summed E-state index contributed by atoms with van der Waals surface area (Å²) in [6.45, 7) is 5.05. The van der Waals surface area contributed by atoms with Crippen LogP contribution in [0.15, 0.2) is 18.2 Å². The zero-order valence-electron chi connectivity index (χ0n) is 9.89. The van der Waals surface area contributed by atoms with Crippen LogP contribution < -0.4 is 10.6 Å². The standard InChI is InChI=1S/C12H16F2N2O/c1-3-15-8(2)7-16-12(17)10-5-4-9(13)6-11(10)14/h4-6,8,15H,3,7H2,1-2H3,(H,16,17)/t8-/m1/s1. The SMILES string of the molecule is CCN[C@H](C)CNC(=O)c1ccc(F)cc1F. The van der Waals surface area contributed by atoms with Crippen LogP contribution >= 0.6 is 0 Å². The summed E-state index contributed by atoms with van der Waals surface area (Å²) in [5.74, 6) is -2.08. The van der Waals surface area contributed by atoms with Gasteiger partial charge in [-0.05, 0) is 25.6 Å². The maximum atomic E-state index is 13.3. The van der Waals surface area contributed by atoms with E-state index in [0.717, 1.165) is 18.7 Å². The second-order valence-corrected chi connectivity index (χ2v) is 3.79. The maximum Gasteiger partial charge on any atom is 0.254 e. The zero-order valence-corrected chi connectivity index (χ0v) is 9.89. The van der Waals surface area contributed by atoms with Crippen molar-refractivity contribution in [3.8, 4) is 0 Å². The molecule has 0 fully saturated rings. The molecule has 1 atom stereocenters. The minimum absolute atomic E-state index is 0.104. The Hall–Kier alpha value is -1.49. The Balaban J connectivity index is 2.58. The van der Waals surface area contributed by atoms with E-state index in [2.05, 4.69) is 10.6 Å². The number of hydrogen-bond donors (Lipinski definition) is 2. The van der Waals surface area contributed by atoms with Crippen molar-refractivity contribution in [1.82, 2.24) is 10.6 Å². The molecule has 0 radical (unpaired) electrons. The Bertz CT molecular complexity index is 396. The second kappa shape index (κ2) is 6.30. The molecule has 2 N–H and O–H groups in total. The van der Waals surface area contributed by atoms with Crippen LogP contribution in [0.1, 0.15) is 24.2 Å². The van der Waals surface area contributed by atoms with Gasteiger partial charge in [-0.3, -0.25) is 4.79 Å². The number of benzene rings is 1. The highest BCUT2D eigenvalue weighted by Gasteiger charge is 2.12. The number of rotatable bonds is 5. The third-order valence-electron chi connectivity index (χ3n) is 2.30. The third-order valence-corrected chi connectivity index (χ3v) is 2.30. The van der Waals surface area contributed by atoms with E-state index in [1.54, 1.807) is 0 Å². The van der Waals surface area contributed by atoms with Crippen LogP contribution in [-0.2, 0) is 0 Å². The summed E-state index contributed by atoms with van der Waals surface area (Å²) in [5, 5.41) is 5.69. The van der Waals surface area contributed by atoms with E-state index < -0.39 is 17.5 Å². The van der Waals surface area contributed by atoms with Gasteiger partial charge in [-0.2, -0.15) is 0 Å². The number of nitrogens with one attached hydrogen (secondary N) is 2. The summed E-state index contributed by atoms with van der Waals surface area (Å²) in [7, 11) is 0. The average Bonchev–Trinajstić information content (AvgIpc) is 2.26. The first-order chi connectivity index (χ1) is 8.04. The van der Waals surface area contributed by atoms with Crippen molar-refractivity contribution in [1.29, 1.82) is 0 Å². The predicted molar refractivity (Wildman–Crippen MR) is 61.8 cm³/mol. The first-order valence-electron chi connectivity index (χ1n) is 5.51. The van der Waals surface area contributed by atoms with E-state index in [0.29, 0.717) is 12.6 Å². The van der Waals surface area contributed by atoms with Crippen molar-refractivity contribution < 1.29 is 13.6 Å². The molecule has 0 heterocycles. The molecule has 0 aromatic heterocycles. The highest BCUT2D eigenvalue weighted by molar-refractivity contribution is 5.94. The monoisotopic (exact) mass is 242 g/mol. The summed E-state index contributed by atoms with van der Waals surface area (Å²) in [6.07, 6.45) is 0. The summed E-state index contributed by atoms with van der Waals surface area (Å²) in [4.78, 5) is 11.6. The Morgan fingerprint density at radius 2 is 2.12 bits per heavy atom. The fraction of sp³-hybridized carbons (Fsp3) is 0.417. The molecule has 0 spiro atoms. The second-order valence-electron chi connectivity index (χ2n) is 3.79. The van der Waals surface area contributed by atoms with Crippen LogP contribution in [0.25, 0.3) is 0 Å². The number of hydrogen-bond acceptors (Lipinski definition) is 2. The Labute approximate surface area is 99.2 Å². The van der Waals surface area contributed by atoms with E-state index >= 15 is 0 Å². The van der Waals surface area contributed by atoms with Crippen molar-refractivity contribution in [3.05, 3.63) is 35.4 Å². The molecule has 1 aromatic carbocycles. The molecule has 0 saturated carbocycles. The Morgan fingerprint density at radius 3 is 2.71 bits per heavy atom. The summed E-state index contributed by atoms with van der Waals surface area (Å²) in [5.41, 5.74) is -0.143. The van der Waals surface area contributed by atoms with Crippen LogP contribution in [0.5, 0.6) is 0 Å². The van der Waals surface area contributed by atoms with Gasteiger partial charge in [0.25, 0.3) is 5.91 Å². The first-order valence-corrected chi connectivity index (χ1v) is 5.51. The normalized spacial score (nSPS) is 12.2. The molecule has 1 aromatic rings. The largest absolute Gasteiger partial charge is 0.350 e. The van der Waals surface area contributed by atoms with Gasteiger partial charge in [-0.1, -0.05) is 6.92 Å². The lowest BCUT2D eigenvalue weighted by Gasteiger charge is -2.13. The Kier molecular flexibility index (Phi) is 5.03. The molecule has 0 bridgehead atoms. The number of halogens is 2. The van der Waals surface area contributed by atoms with E-state index in [9.17, 15) is 13.6 Å². The molecule has 1 rings (SSSR count). The topological polar surface area (TPSA) is 41.1 Å². The van der Waals surface area contributed by atoms with Crippen molar-refractivity contribution in [2.75, 3.05) is 13.1 Å². The van der Waals surface area contributed by atoms with Crippen LogP contribution in [-0.4, -0.2) is 25.0 Å². The quantitative estimate of drug-likeness (QED) is 0.825. The lowest BCUT2D eigenvalue weighted by Crippen LogP contribution is -2.39. The maximum absolute atomic E-state index is 13.3. The van der Waals surface area contributed by atoms with Crippen LogP contribution in [0, 0.1) is 11.6 Å². The lowest BCUT2D eigenvalue weighted by molar-refractivity contribution is 0.0946. The van der Waals surface area contributed by atoms with Gasteiger partial charge in [-0.15, -0.1) is 0 Å². The van der Waals surface area contributed by atoms with Crippen molar-refractivity contribution in [2.24, 2.45) is 0 Å². The number of carbonyl (C=O) groups is 1. The zero-order chi connectivity index (χ0) is 12.8. The number of amides is 1. The molecule has 5 heteroatoms. The van der Waals surface area contributed by atoms with Gasteiger partial charge in [0.15, 0.2) is 0 Å². The minimum atomic E-state index is -0.849. The molecule has 3 nitrogen and oxygen atoms in total. The molecule has 1 amide bonds. The fourth-order valence-electron chi connectivity index (χ4n) is 1.44. The van der Waals surface area contributed by atoms with Gasteiger partial charge in [0.1, 0.15) is 11.6 Å². The molecule has 17 heavy (non-hydrogen) atoms. The molecule has 0 aliphatic carbocycles. The van der Waals surface area contributed by atoms with Gasteiger partial charge < -0.3 is 10.6 Å². The van der Waals surface area contributed by atoms with Gasteiger partial charge >= 0.3 is 0 Å². The highest BCUT2D eigenvalue weighted by atomic mass is 19.1. The highest BCUT2D eigenvalue weighted by Crippen LogP contribution is 2.09. The summed E-state index contributed by atoms with van der Waals surface area (Å²) < 4.78 is 25.9. The van der Waals surface area contributed by atoms with Crippen LogP contribution in [0.3, 0.4) is 0 Å². The molecule has 94 valence electrons. The molecular formula is C12H16F2N2O. The van der Waals surface area contributed by atoms with Crippen LogP contribution in [0.4, 0.5) is 8.78 Å². The van der Waals surface area contributed by atoms with E-state index in [1.165, 1.54) is 0 Å².